The Morgan fingerprint density at radius 1 is 1.11 bits per heavy atom. The third kappa shape index (κ3) is 4.13. The second-order valence-electron chi connectivity index (χ2n) is 7.11. The van der Waals surface area contributed by atoms with Crippen molar-refractivity contribution < 1.29 is 19.4 Å². The van der Waals surface area contributed by atoms with Crippen LogP contribution in [-0.2, 0) is 9.59 Å². The van der Waals surface area contributed by atoms with E-state index in [1.54, 1.807) is 12.0 Å². The smallest absolute Gasteiger partial charge is 0.308 e. The zero-order chi connectivity index (χ0) is 19.4. The minimum absolute atomic E-state index is 0.00676. The Bertz CT molecular complexity index is 805. The van der Waals surface area contributed by atoms with Gasteiger partial charge in [-0.15, -0.1) is 0 Å². The number of carboxylic acids is 1. The molecular weight excluding hydrogens is 342 g/mol. The topological polar surface area (TPSA) is 66.8 Å². The second-order valence-corrected chi connectivity index (χ2v) is 7.11. The molecule has 2 aromatic carbocycles. The van der Waals surface area contributed by atoms with Gasteiger partial charge in [-0.1, -0.05) is 55.5 Å². The number of nitrogens with zero attached hydrogens (tertiary/aromatic N) is 1. The monoisotopic (exact) mass is 367 g/mol. The number of carboxylic acid groups (broad SMARTS) is 1. The summed E-state index contributed by atoms with van der Waals surface area (Å²) in [6, 6.07) is 17.3. The number of carbonyl (C=O) groups is 2. The van der Waals surface area contributed by atoms with Crippen molar-refractivity contribution in [2.45, 2.75) is 25.2 Å². The van der Waals surface area contributed by atoms with Crippen LogP contribution in [0.25, 0.3) is 0 Å². The van der Waals surface area contributed by atoms with Gasteiger partial charge in [0.05, 0.1) is 13.0 Å². The zero-order valence-corrected chi connectivity index (χ0v) is 15.7. The summed E-state index contributed by atoms with van der Waals surface area (Å²) in [6.07, 6.45) is 0.328. The summed E-state index contributed by atoms with van der Waals surface area (Å²) in [5, 5.41) is 9.62. The summed E-state index contributed by atoms with van der Waals surface area (Å²) in [5.41, 5.74) is 1.96. The third-order valence-electron chi connectivity index (χ3n) is 5.37. The predicted octanol–water partition coefficient (Wildman–Crippen LogP) is 3.52. The van der Waals surface area contributed by atoms with Gasteiger partial charge in [0.15, 0.2) is 0 Å². The fourth-order valence-electron chi connectivity index (χ4n) is 3.87. The highest BCUT2D eigenvalue weighted by Gasteiger charge is 2.40. The van der Waals surface area contributed by atoms with Gasteiger partial charge in [0.25, 0.3) is 0 Å². The first-order valence-electron chi connectivity index (χ1n) is 9.19. The molecule has 0 saturated carbocycles. The van der Waals surface area contributed by atoms with Gasteiger partial charge >= 0.3 is 5.97 Å². The number of rotatable bonds is 6. The van der Waals surface area contributed by atoms with Crippen LogP contribution in [0.15, 0.2) is 54.6 Å². The molecule has 5 heteroatoms. The quantitative estimate of drug-likeness (QED) is 0.848. The molecule has 2 aromatic rings. The molecule has 1 unspecified atom stereocenters. The molecule has 1 fully saturated rings. The highest BCUT2D eigenvalue weighted by molar-refractivity contribution is 5.80. The molecular formula is C22H25NO4. The molecule has 0 aromatic heterocycles. The molecule has 1 aliphatic heterocycles. The Morgan fingerprint density at radius 2 is 1.78 bits per heavy atom. The lowest BCUT2D eigenvalue weighted by molar-refractivity contribution is -0.141. The summed E-state index contributed by atoms with van der Waals surface area (Å²) in [5.74, 6) is -0.848. The number of aliphatic carboxylic acids is 1. The molecule has 3 rings (SSSR count). The third-order valence-corrected chi connectivity index (χ3v) is 5.37. The van der Waals surface area contributed by atoms with Crippen LogP contribution in [-0.4, -0.2) is 42.1 Å². The van der Waals surface area contributed by atoms with E-state index in [1.165, 1.54) is 0 Å². The lowest BCUT2D eigenvalue weighted by atomic mass is 9.89. The maximum absolute atomic E-state index is 12.9. The van der Waals surface area contributed by atoms with Crippen molar-refractivity contribution >= 4 is 11.9 Å². The van der Waals surface area contributed by atoms with Gasteiger partial charge in [-0.2, -0.15) is 0 Å². The Balaban J connectivity index is 1.72. The van der Waals surface area contributed by atoms with Gasteiger partial charge in [-0.25, -0.2) is 0 Å². The number of methoxy groups -OCH3 is 1. The molecule has 1 N–H and O–H groups in total. The van der Waals surface area contributed by atoms with Crippen molar-refractivity contribution in [1.29, 1.82) is 0 Å². The van der Waals surface area contributed by atoms with Crippen LogP contribution < -0.4 is 4.74 Å². The number of ether oxygens (including phenoxy) is 1. The fraction of sp³-hybridized carbons (Fsp3) is 0.364. The fourth-order valence-corrected chi connectivity index (χ4v) is 3.87. The van der Waals surface area contributed by atoms with E-state index in [0.29, 0.717) is 13.0 Å². The molecule has 1 saturated heterocycles. The first-order valence-corrected chi connectivity index (χ1v) is 9.19. The largest absolute Gasteiger partial charge is 0.496 e. The number of para-hydroxylation sites is 1. The van der Waals surface area contributed by atoms with Crippen LogP contribution in [0.4, 0.5) is 0 Å². The van der Waals surface area contributed by atoms with E-state index in [0.717, 1.165) is 16.9 Å². The minimum Gasteiger partial charge on any atom is -0.496 e. The van der Waals surface area contributed by atoms with E-state index in [9.17, 15) is 14.7 Å². The maximum atomic E-state index is 12.9. The Labute approximate surface area is 159 Å². The first kappa shape index (κ1) is 19.0. The predicted molar refractivity (Wildman–Crippen MR) is 103 cm³/mol. The zero-order valence-electron chi connectivity index (χ0n) is 15.7. The molecule has 0 bridgehead atoms. The van der Waals surface area contributed by atoms with Gasteiger partial charge in [-0.3, -0.25) is 9.59 Å². The van der Waals surface area contributed by atoms with E-state index in [4.69, 9.17) is 4.74 Å². The summed E-state index contributed by atoms with van der Waals surface area (Å²) in [6.45, 7) is 2.69. The van der Waals surface area contributed by atoms with Gasteiger partial charge in [0.1, 0.15) is 5.75 Å². The van der Waals surface area contributed by atoms with Crippen molar-refractivity contribution in [3.63, 3.8) is 0 Å². The van der Waals surface area contributed by atoms with Gasteiger partial charge in [-0.05, 0) is 23.1 Å². The van der Waals surface area contributed by atoms with Crippen LogP contribution in [0.3, 0.4) is 0 Å². The number of likely N-dealkylation sites (tertiary alicyclic amines) is 1. The molecule has 0 spiro atoms. The van der Waals surface area contributed by atoms with E-state index < -0.39 is 11.9 Å². The van der Waals surface area contributed by atoms with Gasteiger partial charge in [0, 0.05) is 25.4 Å². The molecule has 1 amide bonds. The highest BCUT2D eigenvalue weighted by atomic mass is 16.5. The molecule has 1 aliphatic rings. The number of carbonyl (C=O) groups excluding carboxylic acids is 1. The van der Waals surface area contributed by atoms with E-state index in [2.05, 4.69) is 0 Å². The van der Waals surface area contributed by atoms with Crippen LogP contribution in [0.5, 0.6) is 5.75 Å². The average molecular weight is 367 g/mol. The van der Waals surface area contributed by atoms with Crippen molar-refractivity contribution in [2.24, 2.45) is 5.92 Å². The number of amides is 1. The highest BCUT2D eigenvalue weighted by Crippen LogP contribution is 2.35. The Morgan fingerprint density at radius 3 is 2.44 bits per heavy atom. The number of benzene rings is 2. The van der Waals surface area contributed by atoms with E-state index in [1.807, 2.05) is 61.5 Å². The summed E-state index contributed by atoms with van der Waals surface area (Å²) in [4.78, 5) is 26.3. The molecule has 5 nitrogen and oxygen atoms in total. The Kier molecular flexibility index (Phi) is 5.79. The van der Waals surface area contributed by atoms with Crippen LogP contribution in [0, 0.1) is 5.92 Å². The molecule has 1 heterocycles. The van der Waals surface area contributed by atoms with Gasteiger partial charge in [0.2, 0.25) is 5.91 Å². The molecule has 142 valence electrons. The SMILES string of the molecule is COc1ccccc1C(C)CC(=O)N1C[C@H](C(=O)O)[C@H](c2ccccc2)C1. The van der Waals surface area contributed by atoms with Crippen LogP contribution in [0.1, 0.15) is 36.3 Å². The number of hydrogen-bond acceptors (Lipinski definition) is 3. The van der Waals surface area contributed by atoms with E-state index in [-0.39, 0.29) is 24.3 Å². The van der Waals surface area contributed by atoms with Crippen molar-refractivity contribution in [3.8, 4) is 5.75 Å². The van der Waals surface area contributed by atoms with Crippen molar-refractivity contribution in [2.75, 3.05) is 20.2 Å². The second kappa shape index (κ2) is 8.25. The summed E-state index contributed by atoms with van der Waals surface area (Å²) in [7, 11) is 1.62. The minimum atomic E-state index is -0.850. The molecule has 0 radical (unpaired) electrons. The lowest BCUT2D eigenvalue weighted by Crippen LogP contribution is -2.30. The number of hydrogen-bond donors (Lipinski definition) is 1. The standard InChI is InChI=1S/C22H25NO4/c1-15(17-10-6-7-11-20(17)27-2)12-21(24)23-13-18(19(14-23)22(25)26)16-8-4-3-5-9-16/h3-11,15,18-19H,12-14H2,1-2H3,(H,25,26)/t15?,18-,19-/m0/s1. The summed E-state index contributed by atoms with van der Waals surface area (Å²) >= 11 is 0. The lowest BCUT2D eigenvalue weighted by Gasteiger charge is -2.20. The van der Waals surface area contributed by atoms with Gasteiger partial charge < -0.3 is 14.7 Å². The van der Waals surface area contributed by atoms with Crippen molar-refractivity contribution in [3.05, 3.63) is 65.7 Å². The molecule has 0 aliphatic carbocycles. The van der Waals surface area contributed by atoms with E-state index >= 15 is 0 Å². The van der Waals surface area contributed by atoms with Crippen molar-refractivity contribution in [1.82, 2.24) is 4.90 Å². The normalized spacial score (nSPS) is 20.3. The Hall–Kier alpha value is -2.82. The molecule has 3 atom stereocenters. The van der Waals surface area contributed by atoms with Crippen LogP contribution in [0.2, 0.25) is 0 Å². The average Bonchev–Trinajstić information content (AvgIpc) is 3.14. The molecule has 27 heavy (non-hydrogen) atoms. The van der Waals surface area contributed by atoms with Crippen LogP contribution >= 0.6 is 0 Å². The maximum Gasteiger partial charge on any atom is 0.308 e. The summed E-state index contributed by atoms with van der Waals surface area (Å²) < 4.78 is 5.39. The first-order chi connectivity index (χ1) is 13.0.